The van der Waals surface area contributed by atoms with Crippen LogP contribution in [0.15, 0.2) is 93.9 Å². The molecule has 1 aliphatic heterocycles. The quantitative estimate of drug-likeness (QED) is 0.163. The number of hydrogen-bond acceptors (Lipinski definition) is 8. The fourth-order valence-corrected chi connectivity index (χ4v) is 5.76. The van der Waals surface area contributed by atoms with Gasteiger partial charge in [-0.15, -0.1) is 0 Å². The molecule has 0 bridgehead atoms. The van der Waals surface area contributed by atoms with Gasteiger partial charge in [-0.2, -0.15) is 0 Å². The second kappa shape index (κ2) is 11.9. The van der Waals surface area contributed by atoms with Crippen molar-refractivity contribution in [3.05, 3.63) is 136 Å². The van der Waals surface area contributed by atoms with Crippen LogP contribution in [-0.4, -0.2) is 22.1 Å². The van der Waals surface area contributed by atoms with Crippen LogP contribution in [0.5, 0.6) is 5.75 Å². The number of fused-ring (bicyclic) bond motifs is 1. The number of halogens is 1. The third-order valence-corrected chi connectivity index (χ3v) is 7.77. The third-order valence-electron chi connectivity index (χ3n) is 6.45. The molecule has 1 atom stereocenters. The molecule has 0 N–H and O–H groups in total. The van der Waals surface area contributed by atoms with Crippen molar-refractivity contribution in [2.24, 2.45) is 4.99 Å². The summed E-state index contributed by atoms with van der Waals surface area (Å²) in [7, 11) is 0. The summed E-state index contributed by atoms with van der Waals surface area (Å²) in [6, 6.07) is 19.7. The zero-order valence-corrected chi connectivity index (χ0v) is 23.6. The number of nitro benzene ring substituents is 1. The van der Waals surface area contributed by atoms with E-state index in [0.717, 1.165) is 11.1 Å². The summed E-state index contributed by atoms with van der Waals surface area (Å²) in [5.41, 5.74) is 2.64. The maximum atomic E-state index is 13.7. The number of nitro groups is 1. The van der Waals surface area contributed by atoms with Gasteiger partial charge in [0.2, 0.25) is 0 Å². The second-order valence-electron chi connectivity index (χ2n) is 9.11. The van der Waals surface area contributed by atoms with Gasteiger partial charge in [-0.05, 0) is 66.9 Å². The van der Waals surface area contributed by atoms with Gasteiger partial charge in [-0.1, -0.05) is 53.3 Å². The van der Waals surface area contributed by atoms with E-state index in [4.69, 9.17) is 21.1 Å². The van der Waals surface area contributed by atoms with E-state index in [1.165, 1.54) is 28.0 Å². The highest BCUT2D eigenvalue weighted by Crippen LogP contribution is 2.34. The SMILES string of the molecule is CCOC(=O)C1=C(C)N=c2sc(=Cc3ccc(OCc4ccc([N+](=O)[O-])cc4)cc3)c(=O)n2C1c1ccccc1Cl. The van der Waals surface area contributed by atoms with Crippen LogP contribution in [0.4, 0.5) is 5.69 Å². The Hall–Kier alpha value is -4.54. The van der Waals surface area contributed by atoms with E-state index in [-0.39, 0.29) is 30.0 Å². The summed E-state index contributed by atoms with van der Waals surface area (Å²) >= 11 is 7.77. The van der Waals surface area contributed by atoms with E-state index in [2.05, 4.69) is 4.99 Å². The molecular weight excluding hydrogens is 566 g/mol. The lowest BCUT2D eigenvalue weighted by Gasteiger charge is -2.25. The highest BCUT2D eigenvalue weighted by atomic mass is 35.5. The minimum Gasteiger partial charge on any atom is -0.489 e. The molecular formula is C30H24ClN3O6S. The van der Waals surface area contributed by atoms with Crippen LogP contribution >= 0.6 is 22.9 Å². The standard InChI is InChI=1S/C30H24ClN3O6S/c1-3-39-29(36)26-18(2)32-30-33(27(26)23-6-4-5-7-24(23)31)28(35)25(41-30)16-19-10-14-22(15-11-19)40-17-20-8-12-21(13-9-20)34(37)38/h4-16,27H,3,17H2,1-2H3. The lowest BCUT2D eigenvalue weighted by molar-refractivity contribution is -0.384. The predicted molar refractivity (Wildman–Crippen MR) is 156 cm³/mol. The molecule has 1 aliphatic rings. The van der Waals surface area contributed by atoms with Crippen molar-refractivity contribution in [1.82, 2.24) is 4.57 Å². The molecule has 0 aliphatic carbocycles. The van der Waals surface area contributed by atoms with Gasteiger partial charge < -0.3 is 9.47 Å². The third kappa shape index (κ3) is 5.84. The summed E-state index contributed by atoms with van der Waals surface area (Å²) in [4.78, 5) is 42.2. The lowest BCUT2D eigenvalue weighted by atomic mass is 9.96. The average molecular weight is 590 g/mol. The van der Waals surface area contributed by atoms with Gasteiger partial charge in [-0.3, -0.25) is 19.5 Å². The Morgan fingerprint density at radius 2 is 1.83 bits per heavy atom. The maximum absolute atomic E-state index is 13.7. The maximum Gasteiger partial charge on any atom is 0.338 e. The van der Waals surface area contributed by atoms with Crippen molar-refractivity contribution in [2.75, 3.05) is 6.61 Å². The molecule has 1 aromatic heterocycles. The van der Waals surface area contributed by atoms with Gasteiger partial charge in [0.1, 0.15) is 18.4 Å². The first-order valence-corrected chi connectivity index (χ1v) is 13.9. The number of aromatic nitrogens is 1. The summed E-state index contributed by atoms with van der Waals surface area (Å²) in [5, 5.41) is 11.3. The molecule has 2 heterocycles. The van der Waals surface area contributed by atoms with Crippen molar-refractivity contribution >= 4 is 40.7 Å². The highest BCUT2D eigenvalue weighted by Gasteiger charge is 2.34. The van der Waals surface area contributed by atoms with Gasteiger partial charge in [0, 0.05) is 17.2 Å². The number of rotatable bonds is 8. The van der Waals surface area contributed by atoms with Crippen LogP contribution in [0.1, 0.15) is 36.6 Å². The smallest absolute Gasteiger partial charge is 0.338 e. The number of allylic oxidation sites excluding steroid dienone is 1. The van der Waals surface area contributed by atoms with E-state index >= 15 is 0 Å². The number of ether oxygens (including phenoxy) is 2. The van der Waals surface area contributed by atoms with Gasteiger partial charge in [0.15, 0.2) is 4.80 Å². The summed E-state index contributed by atoms with van der Waals surface area (Å²) in [5.74, 6) is 0.0626. The number of thiazole rings is 1. The molecule has 0 fully saturated rings. The molecule has 0 saturated heterocycles. The molecule has 4 aromatic rings. The largest absolute Gasteiger partial charge is 0.489 e. The first-order valence-electron chi connectivity index (χ1n) is 12.7. The van der Waals surface area contributed by atoms with Crippen molar-refractivity contribution in [1.29, 1.82) is 0 Å². The molecule has 11 heteroatoms. The van der Waals surface area contributed by atoms with E-state index in [1.54, 1.807) is 68.5 Å². The van der Waals surface area contributed by atoms with Crippen molar-refractivity contribution in [3.8, 4) is 5.75 Å². The number of carbonyl (C=O) groups excluding carboxylic acids is 1. The molecule has 3 aromatic carbocycles. The van der Waals surface area contributed by atoms with Crippen LogP contribution in [0.25, 0.3) is 6.08 Å². The topological polar surface area (TPSA) is 113 Å². The Kier molecular flexibility index (Phi) is 8.14. The molecule has 0 radical (unpaired) electrons. The normalized spacial score (nSPS) is 14.8. The molecule has 208 valence electrons. The fraction of sp³-hybridized carbons (Fsp3) is 0.167. The van der Waals surface area contributed by atoms with Gasteiger partial charge in [0.05, 0.1) is 27.3 Å². The summed E-state index contributed by atoms with van der Waals surface area (Å²) in [6.45, 7) is 3.88. The molecule has 1 unspecified atom stereocenters. The van der Waals surface area contributed by atoms with Crippen molar-refractivity contribution < 1.29 is 19.2 Å². The summed E-state index contributed by atoms with van der Waals surface area (Å²) in [6.07, 6.45) is 1.76. The number of nitrogens with zero attached hydrogens (tertiary/aromatic N) is 3. The Morgan fingerprint density at radius 1 is 1.12 bits per heavy atom. The minimum atomic E-state index is -0.781. The first-order chi connectivity index (χ1) is 19.8. The fourth-order valence-electron chi connectivity index (χ4n) is 4.47. The van der Waals surface area contributed by atoms with Crippen LogP contribution in [0.2, 0.25) is 5.02 Å². The zero-order valence-electron chi connectivity index (χ0n) is 22.1. The van der Waals surface area contributed by atoms with E-state index in [9.17, 15) is 19.7 Å². The molecule has 0 spiro atoms. The Bertz CT molecular complexity index is 1840. The average Bonchev–Trinajstić information content (AvgIpc) is 3.26. The number of benzene rings is 3. The van der Waals surface area contributed by atoms with E-state index in [0.29, 0.717) is 31.4 Å². The van der Waals surface area contributed by atoms with Gasteiger partial charge >= 0.3 is 5.97 Å². The number of hydrogen-bond donors (Lipinski definition) is 0. The Balaban J connectivity index is 1.45. The predicted octanol–water partition coefficient (Wildman–Crippen LogP) is 4.94. The van der Waals surface area contributed by atoms with E-state index < -0.39 is 16.9 Å². The molecule has 0 amide bonds. The first kappa shape index (κ1) is 28.0. The second-order valence-corrected chi connectivity index (χ2v) is 10.5. The number of carbonyl (C=O) groups is 1. The molecule has 5 rings (SSSR count). The molecule has 0 saturated carbocycles. The van der Waals surface area contributed by atoms with Crippen molar-refractivity contribution in [3.63, 3.8) is 0 Å². The van der Waals surface area contributed by atoms with Crippen LogP contribution in [0.3, 0.4) is 0 Å². The van der Waals surface area contributed by atoms with Crippen LogP contribution < -0.4 is 19.6 Å². The summed E-state index contributed by atoms with van der Waals surface area (Å²) < 4.78 is 13.1. The monoisotopic (exact) mass is 589 g/mol. The lowest BCUT2D eigenvalue weighted by Crippen LogP contribution is -2.40. The van der Waals surface area contributed by atoms with E-state index in [1.807, 2.05) is 12.1 Å². The zero-order chi connectivity index (χ0) is 29.1. The van der Waals surface area contributed by atoms with Crippen LogP contribution in [0, 0.1) is 10.1 Å². The Labute approximate surface area is 243 Å². The van der Waals surface area contributed by atoms with Crippen molar-refractivity contribution in [2.45, 2.75) is 26.5 Å². The Morgan fingerprint density at radius 3 is 2.49 bits per heavy atom. The number of non-ortho nitro benzene ring substituents is 1. The van der Waals surface area contributed by atoms with Crippen LogP contribution in [-0.2, 0) is 16.1 Å². The molecule has 41 heavy (non-hydrogen) atoms. The van der Waals surface area contributed by atoms with Gasteiger partial charge in [0.25, 0.3) is 11.2 Å². The molecule has 9 nitrogen and oxygen atoms in total. The number of esters is 1. The minimum absolute atomic E-state index is 0.0221. The van der Waals surface area contributed by atoms with Gasteiger partial charge in [-0.25, -0.2) is 9.79 Å². The highest BCUT2D eigenvalue weighted by molar-refractivity contribution is 7.07.